The normalized spacial score (nSPS) is 15.6. The minimum atomic E-state index is -4.26. The summed E-state index contributed by atoms with van der Waals surface area (Å²) in [7, 11) is 0. The monoisotopic (exact) mass is 245 g/mol. The van der Waals surface area contributed by atoms with Crippen molar-refractivity contribution in [2.24, 2.45) is 5.92 Å². The third-order valence-corrected chi connectivity index (χ3v) is 2.83. The van der Waals surface area contributed by atoms with Gasteiger partial charge in [0, 0.05) is 0 Å². The van der Waals surface area contributed by atoms with E-state index in [0.29, 0.717) is 6.54 Å². The van der Waals surface area contributed by atoms with Crippen LogP contribution in [0.1, 0.15) is 31.9 Å². The summed E-state index contributed by atoms with van der Waals surface area (Å²) in [5, 5.41) is 2.60. The van der Waals surface area contributed by atoms with E-state index < -0.39 is 12.2 Å². The zero-order valence-electron chi connectivity index (χ0n) is 10.1. The molecule has 1 rings (SSSR count). The topological polar surface area (TPSA) is 12.0 Å². The Morgan fingerprint density at radius 3 is 2.24 bits per heavy atom. The van der Waals surface area contributed by atoms with Crippen LogP contribution in [0.15, 0.2) is 30.3 Å². The summed E-state index contributed by atoms with van der Waals surface area (Å²) >= 11 is 0. The Bertz CT molecular complexity index is 321. The number of rotatable bonds is 5. The lowest BCUT2D eigenvalue weighted by Crippen LogP contribution is -2.36. The molecule has 0 aliphatic rings. The second-order valence-electron chi connectivity index (χ2n) is 4.31. The highest BCUT2D eigenvalue weighted by Crippen LogP contribution is 2.32. The Morgan fingerprint density at radius 2 is 1.76 bits per heavy atom. The van der Waals surface area contributed by atoms with Gasteiger partial charge in [-0.15, -0.1) is 0 Å². The first-order valence-electron chi connectivity index (χ1n) is 5.80. The van der Waals surface area contributed by atoms with E-state index in [2.05, 4.69) is 5.32 Å². The molecule has 96 valence electrons. The third-order valence-electron chi connectivity index (χ3n) is 2.83. The van der Waals surface area contributed by atoms with Crippen LogP contribution in [0.25, 0.3) is 0 Å². The molecule has 0 heterocycles. The summed E-state index contributed by atoms with van der Waals surface area (Å²) in [5.41, 5.74) is 0.267. The molecule has 17 heavy (non-hydrogen) atoms. The zero-order chi connectivity index (χ0) is 12.9. The van der Waals surface area contributed by atoms with Gasteiger partial charge in [-0.2, -0.15) is 13.2 Å². The molecular formula is C13H18F3N. The van der Waals surface area contributed by atoms with Crippen molar-refractivity contribution >= 4 is 0 Å². The number of hydrogen-bond acceptors (Lipinski definition) is 1. The van der Waals surface area contributed by atoms with E-state index in [9.17, 15) is 13.2 Å². The van der Waals surface area contributed by atoms with Crippen molar-refractivity contribution in [3.05, 3.63) is 35.9 Å². The first kappa shape index (κ1) is 14.0. The van der Waals surface area contributed by atoms with Gasteiger partial charge >= 0.3 is 6.18 Å². The lowest BCUT2D eigenvalue weighted by Gasteiger charge is -2.23. The maximum Gasteiger partial charge on any atom is 0.407 e. The average Bonchev–Trinajstić information content (AvgIpc) is 2.28. The summed E-state index contributed by atoms with van der Waals surface area (Å²) in [4.78, 5) is 0. The molecule has 2 unspecified atom stereocenters. The van der Waals surface area contributed by atoms with Crippen molar-refractivity contribution in [1.82, 2.24) is 5.32 Å². The van der Waals surface area contributed by atoms with Crippen LogP contribution in [-0.4, -0.2) is 12.7 Å². The van der Waals surface area contributed by atoms with Crippen molar-refractivity contribution < 1.29 is 13.2 Å². The number of hydrogen-bond donors (Lipinski definition) is 1. The summed E-state index contributed by atoms with van der Waals surface area (Å²) in [5.74, 6) is 0.239. The summed E-state index contributed by atoms with van der Waals surface area (Å²) in [6.07, 6.45) is -3.39. The van der Waals surface area contributed by atoms with Gasteiger partial charge in [-0.05, 0) is 18.0 Å². The molecule has 0 saturated carbocycles. The van der Waals surface area contributed by atoms with Crippen LogP contribution in [0.4, 0.5) is 13.2 Å². The van der Waals surface area contributed by atoms with E-state index in [1.54, 1.807) is 18.2 Å². The van der Waals surface area contributed by atoms with Crippen LogP contribution < -0.4 is 5.32 Å². The SMILES string of the molecule is CCC(C)CNC(c1ccccc1)C(F)(F)F. The van der Waals surface area contributed by atoms with Gasteiger partial charge in [0.25, 0.3) is 0 Å². The highest BCUT2D eigenvalue weighted by atomic mass is 19.4. The highest BCUT2D eigenvalue weighted by molar-refractivity contribution is 5.20. The Kier molecular flexibility index (Phi) is 5.00. The summed E-state index contributed by atoms with van der Waals surface area (Å²) in [6.45, 7) is 4.28. The molecule has 4 heteroatoms. The van der Waals surface area contributed by atoms with Crippen molar-refractivity contribution in [3.63, 3.8) is 0 Å². The second-order valence-corrected chi connectivity index (χ2v) is 4.31. The van der Waals surface area contributed by atoms with Gasteiger partial charge in [-0.1, -0.05) is 50.6 Å². The molecule has 0 fully saturated rings. The minimum absolute atomic E-state index is 0.239. The predicted octanol–water partition coefficient (Wildman–Crippen LogP) is 3.93. The average molecular weight is 245 g/mol. The predicted molar refractivity (Wildman–Crippen MR) is 62.7 cm³/mol. The Labute approximate surface area is 100 Å². The van der Waals surface area contributed by atoms with E-state index in [0.717, 1.165) is 6.42 Å². The minimum Gasteiger partial charge on any atom is -0.302 e. The highest BCUT2D eigenvalue weighted by Gasteiger charge is 2.40. The first-order chi connectivity index (χ1) is 7.95. The lowest BCUT2D eigenvalue weighted by molar-refractivity contribution is -0.158. The van der Waals surface area contributed by atoms with Crippen molar-refractivity contribution in [2.45, 2.75) is 32.5 Å². The molecule has 0 aliphatic carbocycles. The summed E-state index contributed by atoms with van der Waals surface area (Å²) in [6, 6.07) is 6.39. The number of halogens is 3. The van der Waals surface area contributed by atoms with E-state index in [1.165, 1.54) is 12.1 Å². The molecule has 0 bridgehead atoms. The maximum absolute atomic E-state index is 12.9. The molecule has 0 saturated heterocycles. The van der Waals surface area contributed by atoms with E-state index in [4.69, 9.17) is 0 Å². The molecule has 1 aromatic rings. The fraction of sp³-hybridized carbons (Fsp3) is 0.538. The van der Waals surface area contributed by atoms with Crippen LogP contribution in [0, 0.1) is 5.92 Å². The van der Waals surface area contributed by atoms with Crippen LogP contribution in [0.2, 0.25) is 0 Å². The van der Waals surface area contributed by atoms with Crippen molar-refractivity contribution in [2.75, 3.05) is 6.54 Å². The quantitative estimate of drug-likeness (QED) is 0.828. The van der Waals surface area contributed by atoms with E-state index in [1.807, 2.05) is 13.8 Å². The van der Waals surface area contributed by atoms with Gasteiger partial charge in [0.1, 0.15) is 6.04 Å². The lowest BCUT2D eigenvalue weighted by atomic mass is 10.0. The molecule has 0 amide bonds. The van der Waals surface area contributed by atoms with Crippen LogP contribution in [0.5, 0.6) is 0 Å². The summed E-state index contributed by atoms with van der Waals surface area (Å²) < 4.78 is 38.7. The maximum atomic E-state index is 12.9. The molecule has 0 aromatic heterocycles. The number of benzene rings is 1. The van der Waals surface area contributed by atoms with Gasteiger partial charge < -0.3 is 5.32 Å². The van der Waals surface area contributed by atoms with E-state index >= 15 is 0 Å². The Balaban J connectivity index is 2.76. The zero-order valence-corrected chi connectivity index (χ0v) is 10.1. The first-order valence-corrected chi connectivity index (χ1v) is 5.80. The van der Waals surface area contributed by atoms with Crippen molar-refractivity contribution in [1.29, 1.82) is 0 Å². The fourth-order valence-corrected chi connectivity index (χ4v) is 1.53. The largest absolute Gasteiger partial charge is 0.407 e. The van der Waals surface area contributed by atoms with Gasteiger partial charge in [0.2, 0.25) is 0 Å². The molecule has 0 radical (unpaired) electrons. The fourth-order valence-electron chi connectivity index (χ4n) is 1.53. The standard InChI is InChI=1S/C13H18F3N/c1-3-10(2)9-17-12(13(14,15)16)11-7-5-4-6-8-11/h4-8,10,12,17H,3,9H2,1-2H3. The molecule has 0 aliphatic heterocycles. The molecule has 1 aromatic carbocycles. The number of nitrogens with one attached hydrogen (secondary N) is 1. The third kappa shape index (κ3) is 4.38. The number of alkyl halides is 3. The molecule has 2 atom stereocenters. The Morgan fingerprint density at radius 1 is 1.18 bits per heavy atom. The Hall–Kier alpha value is -1.03. The molecule has 1 nitrogen and oxygen atoms in total. The van der Waals surface area contributed by atoms with Gasteiger partial charge in [-0.3, -0.25) is 0 Å². The molecule has 1 N–H and O–H groups in total. The molecular weight excluding hydrogens is 227 g/mol. The van der Waals surface area contributed by atoms with Gasteiger partial charge in [0.05, 0.1) is 0 Å². The van der Waals surface area contributed by atoms with E-state index in [-0.39, 0.29) is 11.5 Å². The second kappa shape index (κ2) is 6.05. The van der Waals surface area contributed by atoms with Crippen molar-refractivity contribution in [3.8, 4) is 0 Å². The van der Waals surface area contributed by atoms with Gasteiger partial charge in [-0.25, -0.2) is 0 Å². The smallest absolute Gasteiger partial charge is 0.302 e. The van der Waals surface area contributed by atoms with Crippen LogP contribution >= 0.6 is 0 Å². The van der Waals surface area contributed by atoms with Crippen LogP contribution in [-0.2, 0) is 0 Å². The molecule has 0 spiro atoms. The van der Waals surface area contributed by atoms with Gasteiger partial charge in [0.15, 0.2) is 0 Å². The van der Waals surface area contributed by atoms with Crippen LogP contribution in [0.3, 0.4) is 0 Å².